The van der Waals surface area contributed by atoms with Gasteiger partial charge in [0.25, 0.3) is 0 Å². The summed E-state index contributed by atoms with van der Waals surface area (Å²) >= 11 is 9.36. The van der Waals surface area contributed by atoms with Gasteiger partial charge in [0.05, 0.1) is 13.0 Å². The van der Waals surface area contributed by atoms with Crippen LogP contribution >= 0.6 is 27.5 Å². The van der Waals surface area contributed by atoms with E-state index in [1.54, 1.807) is 18.2 Å². The summed E-state index contributed by atoms with van der Waals surface area (Å²) in [4.78, 5) is 23.3. The molecule has 0 aromatic heterocycles. The van der Waals surface area contributed by atoms with E-state index in [2.05, 4.69) is 25.8 Å². The molecule has 8 heteroatoms. The van der Waals surface area contributed by atoms with Crippen molar-refractivity contribution in [1.82, 2.24) is 0 Å². The van der Waals surface area contributed by atoms with E-state index in [1.807, 2.05) is 0 Å². The first-order valence-electron chi connectivity index (χ1n) is 5.45. The van der Waals surface area contributed by atoms with E-state index in [1.165, 1.54) is 7.11 Å². The third-order valence-electron chi connectivity index (χ3n) is 2.88. The van der Waals surface area contributed by atoms with Crippen LogP contribution in [-0.4, -0.2) is 36.1 Å². The van der Waals surface area contributed by atoms with Gasteiger partial charge in [-0.2, -0.15) is 0 Å². The topological polar surface area (TPSA) is 85.2 Å². The van der Waals surface area contributed by atoms with E-state index in [9.17, 15) is 9.59 Å². The Morgan fingerprint density at radius 1 is 1.55 bits per heavy atom. The second kappa shape index (κ2) is 5.80. The van der Waals surface area contributed by atoms with Crippen molar-refractivity contribution in [2.75, 3.05) is 7.11 Å². The molecule has 0 aliphatic carbocycles. The van der Waals surface area contributed by atoms with Gasteiger partial charge in [0, 0.05) is 9.50 Å². The second-order valence-corrected chi connectivity index (χ2v) is 5.30. The minimum Gasteiger partial charge on any atom is -0.466 e. The van der Waals surface area contributed by atoms with Gasteiger partial charge in [-0.25, -0.2) is 9.59 Å². The monoisotopic (exact) mass is 361 g/mol. The van der Waals surface area contributed by atoms with Crippen LogP contribution in [-0.2, 0) is 19.1 Å². The van der Waals surface area contributed by atoms with Crippen LogP contribution in [0.3, 0.4) is 0 Å². The number of halogens is 2. The SMILES string of the molecule is COC(=O)[C@H]1OC(=O)/C(=N\O)[C@@H]1c1ccc(Br)cc1Cl. The number of ether oxygens (including phenoxy) is 2. The Morgan fingerprint density at radius 2 is 2.25 bits per heavy atom. The number of esters is 2. The van der Waals surface area contributed by atoms with Crippen LogP contribution in [0.1, 0.15) is 11.5 Å². The zero-order valence-electron chi connectivity index (χ0n) is 10.2. The molecule has 0 amide bonds. The lowest BCUT2D eigenvalue weighted by Gasteiger charge is -2.16. The third kappa shape index (κ3) is 2.51. The van der Waals surface area contributed by atoms with Crippen molar-refractivity contribution >= 4 is 45.2 Å². The van der Waals surface area contributed by atoms with Crippen LogP contribution in [0.2, 0.25) is 5.02 Å². The van der Waals surface area contributed by atoms with Gasteiger partial charge in [-0.15, -0.1) is 0 Å². The van der Waals surface area contributed by atoms with Crippen molar-refractivity contribution in [2.45, 2.75) is 12.0 Å². The zero-order chi connectivity index (χ0) is 14.9. The minimum atomic E-state index is -1.22. The summed E-state index contributed by atoms with van der Waals surface area (Å²) in [7, 11) is 1.17. The lowest BCUT2D eigenvalue weighted by Crippen LogP contribution is -2.28. The molecule has 2 rings (SSSR count). The standard InChI is InChI=1S/C12H9BrClNO5/c1-19-12(17)10-8(9(15-18)11(16)20-10)6-3-2-5(13)4-7(6)14/h2-4,8,10,18H,1H3/b15-9-/t8-,10-/m0/s1. The fraction of sp³-hybridized carbons (Fsp3) is 0.250. The average Bonchev–Trinajstić information content (AvgIpc) is 2.74. The summed E-state index contributed by atoms with van der Waals surface area (Å²) < 4.78 is 10.2. The number of rotatable bonds is 2. The predicted octanol–water partition coefficient (Wildman–Crippen LogP) is 2.11. The molecule has 1 aliphatic rings. The number of carbonyl (C=O) groups excluding carboxylic acids is 2. The Balaban J connectivity index is 2.53. The number of methoxy groups -OCH3 is 1. The van der Waals surface area contributed by atoms with Crippen LogP contribution < -0.4 is 0 Å². The van der Waals surface area contributed by atoms with Gasteiger partial charge in [0.15, 0.2) is 5.71 Å². The quantitative estimate of drug-likeness (QED) is 0.495. The Bertz CT molecular complexity index is 604. The molecule has 0 bridgehead atoms. The fourth-order valence-corrected chi connectivity index (χ4v) is 2.77. The molecule has 0 saturated carbocycles. The van der Waals surface area contributed by atoms with Gasteiger partial charge >= 0.3 is 11.9 Å². The van der Waals surface area contributed by atoms with E-state index < -0.39 is 24.0 Å². The van der Waals surface area contributed by atoms with Crippen molar-refractivity contribution in [3.63, 3.8) is 0 Å². The number of carbonyl (C=O) groups is 2. The first-order valence-corrected chi connectivity index (χ1v) is 6.62. The van der Waals surface area contributed by atoms with Crippen molar-refractivity contribution in [3.8, 4) is 0 Å². The van der Waals surface area contributed by atoms with E-state index in [-0.39, 0.29) is 5.71 Å². The third-order valence-corrected chi connectivity index (χ3v) is 3.70. The molecule has 6 nitrogen and oxygen atoms in total. The Hall–Kier alpha value is -1.60. The predicted molar refractivity (Wildman–Crippen MR) is 73.0 cm³/mol. The number of hydrogen-bond donors (Lipinski definition) is 1. The van der Waals surface area contributed by atoms with Crippen molar-refractivity contribution in [1.29, 1.82) is 0 Å². The highest BCUT2D eigenvalue weighted by atomic mass is 79.9. The summed E-state index contributed by atoms with van der Waals surface area (Å²) in [5.41, 5.74) is 0.147. The first-order chi connectivity index (χ1) is 9.49. The molecule has 1 aromatic rings. The number of benzene rings is 1. The molecule has 2 atom stereocenters. The highest BCUT2D eigenvalue weighted by molar-refractivity contribution is 9.10. The molecule has 0 radical (unpaired) electrons. The van der Waals surface area contributed by atoms with Crippen LogP contribution in [0.25, 0.3) is 0 Å². The van der Waals surface area contributed by atoms with Crippen LogP contribution in [0.4, 0.5) is 0 Å². The Labute approximate surface area is 127 Å². The van der Waals surface area contributed by atoms with E-state index in [0.29, 0.717) is 10.6 Å². The number of oxime groups is 1. The largest absolute Gasteiger partial charge is 0.466 e. The molecule has 1 fully saturated rings. The van der Waals surface area contributed by atoms with Gasteiger partial charge in [0.1, 0.15) is 0 Å². The van der Waals surface area contributed by atoms with Gasteiger partial charge in [-0.05, 0) is 17.7 Å². The van der Waals surface area contributed by atoms with Gasteiger partial charge in [-0.1, -0.05) is 38.8 Å². The van der Waals surface area contributed by atoms with E-state index >= 15 is 0 Å². The molecule has 0 spiro atoms. The molecule has 1 N–H and O–H groups in total. The van der Waals surface area contributed by atoms with E-state index in [0.717, 1.165) is 4.47 Å². The van der Waals surface area contributed by atoms with Gasteiger partial charge in [0.2, 0.25) is 6.10 Å². The normalized spacial score (nSPS) is 23.8. The number of hydrogen-bond acceptors (Lipinski definition) is 6. The van der Waals surface area contributed by atoms with Crippen molar-refractivity contribution in [2.24, 2.45) is 5.16 Å². The highest BCUT2D eigenvalue weighted by Crippen LogP contribution is 2.36. The summed E-state index contributed by atoms with van der Waals surface area (Å²) in [5, 5.41) is 12.2. The Morgan fingerprint density at radius 3 is 2.80 bits per heavy atom. The summed E-state index contributed by atoms with van der Waals surface area (Å²) in [6, 6.07) is 4.90. The zero-order valence-corrected chi connectivity index (χ0v) is 12.5. The van der Waals surface area contributed by atoms with E-state index in [4.69, 9.17) is 21.5 Å². The molecule has 106 valence electrons. The van der Waals surface area contributed by atoms with Crippen molar-refractivity contribution in [3.05, 3.63) is 33.3 Å². The molecule has 0 unspecified atom stereocenters. The minimum absolute atomic E-state index is 0.287. The lowest BCUT2D eigenvalue weighted by atomic mass is 9.91. The van der Waals surface area contributed by atoms with Crippen LogP contribution in [0.5, 0.6) is 0 Å². The smallest absolute Gasteiger partial charge is 0.357 e. The maximum Gasteiger partial charge on any atom is 0.357 e. The molecular formula is C12H9BrClNO5. The molecule has 1 aliphatic heterocycles. The second-order valence-electron chi connectivity index (χ2n) is 3.98. The maximum atomic E-state index is 11.7. The molecule has 1 aromatic carbocycles. The maximum absolute atomic E-state index is 11.7. The number of nitrogens with zero attached hydrogens (tertiary/aromatic N) is 1. The average molecular weight is 363 g/mol. The van der Waals surface area contributed by atoms with Crippen molar-refractivity contribution < 1.29 is 24.3 Å². The molecule has 1 saturated heterocycles. The lowest BCUT2D eigenvalue weighted by molar-refractivity contribution is -0.159. The van der Waals surface area contributed by atoms with Crippen LogP contribution in [0.15, 0.2) is 27.8 Å². The van der Waals surface area contributed by atoms with Crippen LogP contribution in [0, 0.1) is 0 Å². The molecule has 1 heterocycles. The highest BCUT2D eigenvalue weighted by Gasteiger charge is 2.48. The summed E-state index contributed by atoms with van der Waals surface area (Å²) in [6.07, 6.45) is -1.22. The van der Waals surface area contributed by atoms with Gasteiger partial charge in [-0.3, -0.25) is 0 Å². The first kappa shape index (κ1) is 14.8. The number of cyclic esters (lactones) is 1. The summed E-state index contributed by atoms with van der Waals surface area (Å²) in [6.45, 7) is 0. The Kier molecular flexibility index (Phi) is 4.29. The molecule has 20 heavy (non-hydrogen) atoms. The summed E-state index contributed by atoms with van der Waals surface area (Å²) in [5.74, 6) is -2.55. The van der Waals surface area contributed by atoms with Gasteiger partial charge < -0.3 is 14.7 Å². The molecular weight excluding hydrogens is 353 g/mol. The fourth-order valence-electron chi connectivity index (χ4n) is 1.98.